The number of rotatable bonds is 2. The minimum atomic E-state index is -0.0811. The van der Waals surface area contributed by atoms with Gasteiger partial charge in [0.2, 0.25) is 0 Å². The van der Waals surface area contributed by atoms with E-state index >= 15 is 0 Å². The van der Waals surface area contributed by atoms with E-state index in [2.05, 4.69) is 26.1 Å². The number of aromatic amines is 1. The van der Waals surface area contributed by atoms with E-state index in [1.165, 1.54) is 4.57 Å². The summed E-state index contributed by atoms with van der Waals surface area (Å²) < 4.78 is 2.51. The van der Waals surface area contributed by atoms with Crippen molar-refractivity contribution in [2.75, 3.05) is 5.73 Å². The number of pyridine rings is 1. The summed E-state index contributed by atoms with van der Waals surface area (Å²) in [7, 11) is 1.71. The third-order valence-electron chi connectivity index (χ3n) is 3.32. The fourth-order valence-corrected chi connectivity index (χ4v) is 2.44. The summed E-state index contributed by atoms with van der Waals surface area (Å²) in [6.45, 7) is 0. The number of nitrogens with one attached hydrogen (secondary N) is 1. The molecule has 3 N–H and O–H groups in total. The molecule has 3 rings (SSSR count). The number of anilines is 1. The molecule has 3 aromatic rings. The van der Waals surface area contributed by atoms with Crippen molar-refractivity contribution in [2.24, 2.45) is 7.05 Å². The Morgan fingerprint density at radius 2 is 1.90 bits per heavy atom. The van der Waals surface area contributed by atoms with Gasteiger partial charge in [0.05, 0.1) is 11.3 Å². The highest BCUT2D eigenvalue weighted by molar-refractivity contribution is 9.10. The summed E-state index contributed by atoms with van der Waals surface area (Å²) in [6, 6.07) is 11.2. The van der Waals surface area contributed by atoms with Crippen molar-refractivity contribution in [3.8, 4) is 22.4 Å². The Bertz CT molecular complexity index is 849. The number of halogens is 1. The van der Waals surface area contributed by atoms with Gasteiger partial charge in [-0.3, -0.25) is 9.89 Å². The molecule has 0 saturated carbocycles. The molecule has 0 aliphatic carbocycles. The topological polar surface area (TPSA) is 76.7 Å². The van der Waals surface area contributed by atoms with Crippen molar-refractivity contribution in [3.63, 3.8) is 0 Å². The maximum Gasteiger partial charge on any atom is 0.250 e. The lowest BCUT2D eigenvalue weighted by atomic mass is 10.0. The number of H-pyrrole nitrogens is 1. The van der Waals surface area contributed by atoms with Crippen LogP contribution >= 0.6 is 15.9 Å². The highest BCUT2D eigenvalue weighted by Gasteiger charge is 2.15. The third kappa shape index (κ3) is 2.50. The Morgan fingerprint density at radius 3 is 2.57 bits per heavy atom. The molecule has 0 fully saturated rings. The molecule has 6 heteroatoms. The molecule has 2 heterocycles. The Morgan fingerprint density at radius 1 is 1.19 bits per heavy atom. The summed E-state index contributed by atoms with van der Waals surface area (Å²) in [5.41, 5.74) is 9.15. The molecule has 0 unspecified atom stereocenters. The number of aromatic nitrogens is 3. The molecule has 0 bridgehead atoms. The van der Waals surface area contributed by atoms with Crippen molar-refractivity contribution in [2.45, 2.75) is 0 Å². The zero-order chi connectivity index (χ0) is 15.0. The van der Waals surface area contributed by atoms with E-state index in [0.29, 0.717) is 5.82 Å². The molecule has 0 amide bonds. The first-order valence-electron chi connectivity index (χ1n) is 6.33. The molecule has 0 spiro atoms. The molecule has 0 aliphatic heterocycles. The van der Waals surface area contributed by atoms with Gasteiger partial charge in [0, 0.05) is 29.3 Å². The second-order valence-electron chi connectivity index (χ2n) is 4.73. The van der Waals surface area contributed by atoms with Crippen molar-refractivity contribution < 1.29 is 0 Å². The van der Waals surface area contributed by atoms with Crippen LogP contribution in [0.1, 0.15) is 0 Å². The molecule has 0 saturated heterocycles. The van der Waals surface area contributed by atoms with Crippen LogP contribution in [-0.4, -0.2) is 14.8 Å². The van der Waals surface area contributed by atoms with Gasteiger partial charge in [-0.2, -0.15) is 5.10 Å². The van der Waals surface area contributed by atoms with Gasteiger partial charge >= 0.3 is 0 Å². The van der Waals surface area contributed by atoms with Crippen LogP contribution in [0.3, 0.4) is 0 Å². The van der Waals surface area contributed by atoms with Crippen molar-refractivity contribution >= 4 is 21.7 Å². The number of nitrogens with zero attached hydrogens (tertiary/aromatic N) is 2. The van der Waals surface area contributed by atoms with E-state index in [9.17, 15) is 4.79 Å². The maximum atomic E-state index is 11.8. The molecular weight excluding hydrogens is 332 g/mol. The van der Waals surface area contributed by atoms with E-state index in [-0.39, 0.29) is 5.56 Å². The van der Waals surface area contributed by atoms with Crippen LogP contribution in [0.15, 0.2) is 51.9 Å². The average Bonchev–Trinajstić information content (AvgIpc) is 2.85. The normalized spacial score (nSPS) is 10.8. The maximum absolute atomic E-state index is 11.8. The predicted octanol–water partition coefficient (Wildman–Crippen LogP) is 2.79. The monoisotopic (exact) mass is 344 g/mol. The summed E-state index contributed by atoms with van der Waals surface area (Å²) in [4.78, 5) is 11.8. The fourth-order valence-electron chi connectivity index (χ4n) is 2.18. The lowest BCUT2D eigenvalue weighted by Crippen LogP contribution is -2.14. The van der Waals surface area contributed by atoms with Crippen LogP contribution in [0.4, 0.5) is 5.82 Å². The van der Waals surface area contributed by atoms with E-state index in [4.69, 9.17) is 5.73 Å². The molecule has 1 aromatic carbocycles. The van der Waals surface area contributed by atoms with Crippen molar-refractivity contribution in [1.82, 2.24) is 14.8 Å². The van der Waals surface area contributed by atoms with E-state index in [0.717, 1.165) is 26.9 Å². The van der Waals surface area contributed by atoms with Crippen molar-refractivity contribution in [3.05, 3.63) is 57.4 Å². The first kappa shape index (κ1) is 13.6. The number of benzene rings is 1. The molecule has 0 atom stereocenters. The smallest absolute Gasteiger partial charge is 0.250 e. The van der Waals surface area contributed by atoms with Crippen LogP contribution < -0.4 is 11.3 Å². The van der Waals surface area contributed by atoms with E-state index in [1.54, 1.807) is 19.3 Å². The Labute approximate surface area is 129 Å². The highest BCUT2D eigenvalue weighted by Crippen LogP contribution is 2.34. The quantitative estimate of drug-likeness (QED) is 0.750. The second kappa shape index (κ2) is 5.21. The average molecular weight is 345 g/mol. The molecule has 0 aliphatic rings. The summed E-state index contributed by atoms with van der Waals surface area (Å²) >= 11 is 3.41. The number of nitrogen functional groups attached to an aromatic ring is 1. The van der Waals surface area contributed by atoms with Gasteiger partial charge in [-0.1, -0.05) is 28.1 Å². The highest BCUT2D eigenvalue weighted by atomic mass is 79.9. The zero-order valence-electron chi connectivity index (χ0n) is 11.3. The molecule has 21 heavy (non-hydrogen) atoms. The summed E-state index contributed by atoms with van der Waals surface area (Å²) in [5.74, 6) is 0.410. The lowest BCUT2D eigenvalue weighted by molar-refractivity contribution is 0.861. The Kier molecular flexibility index (Phi) is 3.39. The van der Waals surface area contributed by atoms with Crippen LogP contribution in [-0.2, 0) is 7.05 Å². The Balaban J connectivity index is 2.18. The number of hydrogen-bond donors (Lipinski definition) is 2. The van der Waals surface area contributed by atoms with Gasteiger partial charge in [0.1, 0.15) is 0 Å². The van der Waals surface area contributed by atoms with E-state index in [1.807, 2.05) is 30.3 Å². The van der Waals surface area contributed by atoms with Crippen molar-refractivity contribution in [1.29, 1.82) is 0 Å². The lowest BCUT2D eigenvalue weighted by Gasteiger charge is -2.06. The minimum Gasteiger partial charge on any atom is -0.382 e. The van der Waals surface area contributed by atoms with Gasteiger partial charge in [0.15, 0.2) is 5.82 Å². The fraction of sp³-hybridized carbons (Fsp3) is 0.0667. The predicted molar refractivity (Wildman–Crippen MR) is 86.8 cm³/mol. The zero-order valence-corrected chi connectivity index (χ0v) is 12.9. The summed E-state index contributed by atoms with van der Waals surface area (Å²) in [6.07, 6.45) is 1.72. The van der Waals surface area contributed by atoms with E-state index < -0.39 is 0 Å². The van der Waals surface area contributed by atoms with Gasteiger partial charge < -0.3 is 10.3 Å². The molecule has 0 radical (unpaired) electrons. The number of aryl methyl sites for hydroxylation is 1. The van der Waals surface area contributed by atoms with Crippen LogP contribution in [0.2, 0.25) is 0 Å². The SMILES string of the molecule is Cn1ccc(-c2[nH]nc(N)c2-c2ccc(Br)cc2)cc1=O. The van der Waals surface area contributed by atoms with Gasteiger partial charge in [-0.25, -0.2) is 0 Å². The molecular formula is C15H13BrN4O. The minimum absolute atomic E-state index is 0.0811. The molecule has 2 aromatic heterocycles. The molecule has 5 nitrogen and oxygen atoms in total. The second-order valence-corrected chi connectivity index (χ2v) is 5.65. The number of nitrogens with two attached hydrogens (primary N) is 1. The van der Waals surface area contributed by atoms with Gasteiger partial charge in [0.25, 0.3) is 5.56 Å². The molecule has 106 valence electrons. The van der Waals surface area contributed by atoms with Gasteiger partial charge in [-0.05, 0) is 23.8 Å². The third-order valence-corrected chi connectivity index (χ3v) is 3.85. The first-order valence-corrected chi connectivity index (χ1v) is 7.12. The Hall–Kier alpha value is -2.34. The van der Waals surface area contributed by atoms with Crippen LogP contribution in [0, 0.1) is 0 Å². The van der Waals surface area contributed by atoms with Crippen LogP contribution in [0.25, 0.3) is 22.4 Å². The summed E-state index contributed by atoms with van der Waals surface area (Å²) in [5, 5.41) is 6.99. The number of hydrogen-bond acceptors (Lipinski definition) is 3. The largest absolute Gasteiger partial charge is 0.382 e. The van der Waals surface area contributed by atoms with Crippen LogP contribution in [0.5, 0.6) is 0 Å². The van der Waals surface area contributed by atoms with Gasteiger partial charge in [-0.15, -0.1) is 0 Å². The first-order chi connectivity index (χ1) is 10.1. The standard InChI is InChI=1S/C15H13BrN4O/c1-20-7-6-10(8-12(20)21)14-13(15(17)19-18-14)9-2-4-11(16)5-3-9/h2-8H,1H3,(H3,17,18,19).